The summed E-state index contributed by atoms with van der Waals surface area (Å²) in [4.78, 5) is 22.7. The Labute approximate surface area is 120 Å². The maximum Gasteiger partial charge on any atom is 0.423 e. The number of carbonyl (C=O) groups is 1. The zero-order valence-corrected chi connectivity index (χ0v) is 11.4. The van der Waals surface area contributed by atoms with E-state index < -0.39 is 11.7 Å². The van der Waals surface area contributed by atoms with Gasteiger partial charge in [-0.2, -0.15) is 0 Å². The lowest BCUT2D eigenvalue weighted by atomic mass is 10.1. The van der Waals surface area contributed by atoms with Crippen LogP contribution in [0.5, 0.6) is 0 Å². The number of aromatic nitrogens is 1. The van der Waals surface area contributed by atoms with E-state index in [4.69, 9.17) is 9.15 Å². The van der Waals surface area contributed by atoms with Crippen LogP contribution < -0.4 is 5.76 Å². The zero-order chi connectivity index (χ0) is 14.8. The number of rotatable bonds is 3. The fraction of sp³-hybridized carbons (Fsp3) is 0.125. The van der Waals surface area contributed by atoms with Gasteiger partial charge in [-0.3, -0.25) is 4.79 Å². The van der Waals surface area contributed by atoms with Gasteiger partial charge in [-0.25, -0.2) is 9.36 Å². The number of carbonyl (C=O) groups excluding carboxylic acids is 1. The highest BCUT2D eigenvalue weighted by Crippen LogP contribution is 2.18. The summed E-state index contributed by atoms with van der Waals surface area (Å²) in [5.74, 6) is -0.619. The van der Waals surface area contributed by atoms with Crippen LogP contribution in [0.1, 0.15) is 12.7 Å². The quantitative estimate of drug-likeness (QED) is 0.693. The van der Waals surface area contributed by atoms with Crippen LogP contribution in [0.2, 0.25) is 0 Å². The Bertz CT molecular complexity index is 860. The minimum atomic E-state index is -0.507. The number of fused-ring (bicyclic) bond motifs is 1. The summed E-state index contributed by atoms with van der Waals surface area (Å²) in [6.45, 7) is 1.25. The molecule has 0 bridgehead atoms. The smallest absolute Gasteiger partial charge is 0.423 e. The second-order valence-electron chi connectivity index (χ2n) is 4.65. The molecule has 0 unspecified atom stereocenters. The van der Waals surface area contributed by atoms with Crippen LogP contribution in [-0.4, -0.2) is 10.5 Å². The molecule has 0 aliphatic carbocycles. The third-order valence-electron chi connectivity index (χ3n) is 3.12. The van der Waals surface area contributed by atoms with Crippen LogP contribution in [0.15, 0.2) is 57.9 Å². The molecule has 0 radical (unpaired) electrons. The molecule has 0 spiro atoms. The van der Waals surface area contributed by atoms with Gasteiger partial charge in [0.25, 0.3) is 0 Å². The lowest BCUT2D eigenvalue weighted by Crippen LogP contribution is -2.10. The topological polar surface area (TPSA) is 61.4 Å². The van der Waals surface area contributed by atoms with Gasteiger partial charge >= 0.3 is 11.7 Å². The summed E-state index contributed by atoms with van der Waals surface area (Å²) in [6.07, 6.45) is 1.54. The van der Waals surface area contributed by atoms with E-state index in [1.165, 1.54) is 17.7 Å². The molecule has 0 saturated heterocycles. The van der Waals surface area contributed by atoms with E-state index in [0.717, 1.165) is 10.8 Å². The molecule has 21 heavy (non-hydrogen) atoms. The molecule has 3 aromatic rings. The summed E-state index contributed by atoms with van der Waals surface area (Å²) >= 11 is 0. The van der Waals surface area contributed by atoms with E-state index in [1.807, 2.05) is 42.5 Å². The van der Waals surface area contributed by atoms with Crippen molar-refractivity contribution < 1.29 is 13.9 Å². The largest absolute Gasteiger partial charge is 0.458 e. The summed E-state index contributed by atoms with van der Waals surface area (Å²) in [5, 5.41) is 2.13. The molecule has 1 heterocycles. The third-order valence-corrected chi connectivity index (χ3v) is 3.12. The average Bonchev–Trinajstić information content (AvgIpc) is 2.86. The van der Waals surface area contributed by atoms with Gasteiger partial charge in [0.2, 0.25) is 0 Å². The molecule has 1 aromatic heterocycles. The van der Waals surface area contributed by atoms with Crippen molar-refractivity contribution in [3.63, 3.8) is 0 Å². The van der Waals surface area contributed by atoms with Crippen molar-refractivity contribution >= 4 is 16.7 Å². The van der Waals surface area contributed by atoms with Crippen LogP contribution in [0.4, 0.5) is 0 Å². The molecule has 0 aliphatic heterocycles. The standard InChI is InChI=1S/C16H13NO4/c1-11(18)20-10-15-9-17(16(19)21-15)14-7-6-12-4-2-3-5-13(12)8-14/h2-9H,10H2,1H3. The van der Waals surface area contributed by atoms with Gasteiger partial charge in [0.1, 0.15) is 0 Å². The number of nitrogens with zero attached hydrogens (tertiary/aromatic N) is 1. The Balaban J connectivity index is 1.98. The first-order chi connectivity index (χ1) is 10.1. The van der Waals surface area contributed by atoms with Gasteiger partial charge in [-0.05, 0) is 22.9 Å². The van der Waals surface area contributed by atoms with Gasteiger partial charge < -0.3 is 9.15 Å². The summed E-state index contributed by atoms with van der Waals surface area (Å²) in [6, 6.07) is 13.6. The van der Waals surface area contributed by atoms with Crippen LogP contribution in [0.3, 0.4) is 0 Å². The fourth-order valence-electron chi connectivity index (χ4n) is 2.13. The molecule has 2 aromatic carbocycles. The third kappa shape index (κ3) is 2.72. The monoisotopic (exact) mass is 283 g/mol. The van der Waals surface area contributed by atoms with Crippen LogP contribution in [0.25, 0.3) is 16.5 Å². The normalized spacial score (nSPS) is 10.7. The number of hydrogen-bond donors (Lipinski definition) is 0. The summed E-state index contributed by atoms with van der Waals surface area (Å²) in [7, 11) is 0. The van der Waals surface area contributed by atoms with Crippen molar-refractivity contribution in [2.45, 2.75) is 13.5 Å². The highest BCUT2D eigenvalue weighted by Gasteiger charge is 2.09. The van der Waals surface area contributed by atoms with Crippen molar-refractivity contribution in [3.8, 4) is 5.69 Å². The van der Waals surface area contributed by atoms with Crippen molar-refractivity contribution in [2.75, 3.05) is 0 Å². The van der Waals surface area contributed by atoms with Gasteiger partial charge in [-0.15, -0.1) is 0 Å². The lowest BCUT2D eigenvalue weighted by Gasteiger charge is -2.02. The number of hydrogen-bond acceptors (Lipinski definition) is 4. The number of ether oxygens (including phenoxy) is 1. The van der Waals surface area contributed by atoms with Gasteiger partial charge in [0, 0.05) is 6.92 Å². The number of esters is 1. The SMILES string of the molecule is CC(=O)OCc1cn(-c2ccc3ccccc3c2)c(=O)o1. The fourth-order valence-corrected chi connectivity index (χ4v) is 2.13. The highest BCUT2D eigenvalue weighted by molar-refractivity contribution is 5.84. The van der Waals surface area contributed by atoms with Crippen LogP contribution in [-0.2, 0) is 16.1 Å². The summed E-state index contributed by atoms with van der Waals surface area (Å²) in [5.41, 5.74) is 0.705. The van der Waals surface area contributed by atoms with E-state index in [-0.39, 0.29) is 6.61 Å². The number of benzene rings is 2. The first-order valence-corrected chi connectivity index (χ1v) is 6.47. The van der Waals surface area contributed by atoms with E-state index >= 15 is 0 Å². The first-order valence-electron chi connectivity index (χ1n) is 6.47. The second-order valence-corrected chi connectivity index (χ2v) is 4.65. The lowest BCUT2D eigenvalue weighted by molar-refractivity contribution is -0.142. The van der Waals surface area contributed by atoms with Crippen molar-refractivity contribution in [1.82, 2.24) is 4.57 Å². The molecule has 5 nitrogen and oxygen atoms in total. The number of oxazole rings is 1. The minimum absolute atomic E-state index is 0.0504. The Morgan fingerprint density at radius 1 is 1.19 bits per heavy atom. The van der Waals surface area contributed by atoms with E-state index in [1.54, 1.807) is 0 Å². The molecule has 5 heteroatoms. The average molecular weight is 283 g/mol. The predicted octanol–water partition coefficient (Wildman–Crippen LogP) is 2.65. The molecule has 3 rings (SSSR count). The first kappa shape index (κ1) is 13.2. The second kappa shape index (κ2) is 5.28. The molecule has 0 aliphatic rings. The molecular formula is C16H13NO4. The Morgan fingerprint density at radius 2 is 1.95 bits per heavy atom. The summed E-state index contributed by atoms with van der Waals surface area (Å²) < 4.78 is 11.3. The molecule has 0 N–H and O–H groups in total. The molecule has 0 atom stereocenters. The molecule has 106 valence electrons. The minimum Gasteiger partial charge on any atom is -0.458 e. The maximum absolute atomic E-state index is 11.9. The Morgan fingerprint density at radius 3 is 2.71 bits per heavy atom. The van der Waals surface area contributed by atoms with Crippen molar-refractivity contribution in [3.05, 3.63) is 65.0 Å². The zero-order valence-electron chi connectivity index (χ0n) is 11.4. The maximum atomic E-state index is 11.9. The van der Waals surface area contributed by atoms with E-state index in [9.17, 15) is 9.59 Å². The van der Waals surface area contributed by atoms with Crippen molar-refractivity contribution in [1.29, 1.82) is 0 Å². The molecule has 0 fully saturated rings. The van der Waals surface area contributed by atoms with E-state index in [0.29, 0.717) is 11.4 Å². The highest BCUT2D eigenvalue weighted by atomic mass is 16.5. The van der Waals surface area contributed by atoms with Gasteiger partial charge in [0.05, 0.1) is 11.9 Å². The van der Waals surface area contributed by atoms with Gasteiger partial charge in [0.15, 0.2) is 12.4 Å². The van der Waals surface area contributed by atoms with Gasteiger partial charge in [-0.1, -0.05) is 30.3 Å². The molecule has 0 saturated carbocycles. The Hall–Kier alpha value is -2.82. The van der Waals surface area contributed by atoms with Crippen molar-refractivity contribution in [2.24, 2.45) is 0 Å². The Kier molecular flexibility index (Phi) is 3.31. The van der Waals surface area contributed by atoms with Crippen LogP contribution in [0, 0.1) is 0 Å². The van der Waals surface area contributed by atoms with E-state index in [2.05, 4.69) is 0 Å². The van der Waals surface area contributed by atoms with Crippen LogP contribution >= 0.6 is 0 Å². The molecular weight excluding hydrogens is 270 g/mol. The predicted molar refractivity (Wildman–Crippen MR) is 77.3 cm³/mol. The molecule has 0 amide bonds.